The first-order valence-electron chi connectivity index (χ1n) is 5.72. The van der Waals surface area contributed by atoms with Crippen LogP contribution in [0.4, 0.5) is 0 Å². The lowest BCUT2D eigenvalue weighted by atomic mass is 10.0. The standard InChI is InChI=1S/C13H21NO2/c1-10(2)16-12-6-4-11(5-7-12)13(14-3)8-9-15/h4-7,10,13-15H,8-9H2,1-3H3. The van der Waals surface area contributed by atoms with E-state index >= 15 is 0 Å². The summed E-state index contributed by atoms with van der Waals surface area (Å²) in [7, 11) is 1.90. The molecule has 0 spiro atoms. The summed E-state index contributed by atoms with van der Waals surface area (Å²) >= 11 is 0. The van der Waals surface area contributed by atoms with Crippen LogP contribution in [0.25, 0.3) is 0 Å². The van der Waals surface area contributed by atoms with Gasteiger partial charge < -0.3 is 15.2 Å². The first-order valence-corrected chi connectivity index (χ1v) is 5.72. The van der Waals surface area contributed by atoms with Crippen LogP contribution in [0.3, 0.4) is 0 Å². The van der Waals surface area contributed by atoms with Gasteiger partial charge in [-0.25, -0.2) is 0 Å². The average Bonchev–Trinajstić information content (AvgIpc) is 2.26. The van der Waals surface area contributed by atoms with Crippen molar-refractivity contribution in [1.82, 2.24) is 5.32 Å². The van der Waals surface area contributed by atoms with E-state index in [0.717, 1.165) is 12.2 Å². The van der Waals surface area contributed by atoms with Crippen LogP contribution in [0.2, 0.25) is 0 Å². The van der Waals surface area contributed by atoms with Gasteiger partial charge in [-0.05, 0) is 45.0 Å². The molecule has 0 saturated carbocycles. The summed E-state index contributed by atoms with van der Waals surface area (Å²) in [6, 6.07) is 8.22. The number of ether oxygens (including phenoxy) is 1. The largest absolute Gasteiger partial charge is 0.491 e. The minimum absolute atomic E-state index is 0.190. The van der Waals surface area contributed by atoms with Crippen LogP contribution in [0.15, 0.2) is 24.3 Å². The monoisotopic (exact) mass is 223 g/mol. The molecule has 3 nitrogen and oxygen atoms in total. The van der Waals surface area contributed by atoms with Crippen LogP contribution < -0.4 is 10.1 Å². The van der Waals surface area contributed by atoms with E-state index < -0.39 is 0 Å². The fourth-order valence-corrected chi connectivity index (χ4v) is 1.66. The van der Waals surface area contributed by atoms with E-state index in [0.29, 0.717) is 0 Å². The van der Waals surface area contributed by atoms with Gasteiger partial charge in [-0.3, -0.25) is 0 Å². The summed E-state index contributed by atoms with van der Waals surface area (Å²) in [5.74, 6) is 0.887. The van der Waals surface area contributed by atoms with Gasteiger partial charge in [-0.2, -0.15) is 0 Å². The van der Waals surface area contributed by atoms with Crippen LogP contribution in [-0.4, -0.2) is 24.9 Å². The first kappa shape index (κ1) is 13.0. The summed E-state index contributed by atoms with van der Waals surface area (Å²) < 4.78 is 5.57. The highest BCUT2D eigenvalue weighted by molar-refractivity contribution is 5.29. The van der Waals surface area contributed by atoms with Crippen molar-refractivity contribution in [3.05, 3.63) is 29.8 Å². The zero-order valence-corrected chi connectivity index (χ0v) is 10.2. The number of hydrogen-bond acceptors (Lipinski definition) is 3. The van der Waals surface area contributed by atoms with Gasteiger partial charge in [0.1, 0.15) is 5.75 Å². The van der Waals surface area contributed by atoms with Gasteiger partial charge >= 0.3 is 0 Å². The molecule has 3 heteroatoms. The molecule has 1 aromatic carbocycles. The lowest BCUT2D eigenvalue weighted by Crippen LogP contribution is -2.17. The molecule has 0 heterocycles. The molecular weight excluding hydrogens is 202 g/mol. The van der Waals surface area contributed by atoms with Gasteiger partial charge in [0.15, 0.2) is 0 Å². The molecule has 1 atom stereocenters. The maximum absolute atomic E-state index is 8.94. The van der Waals surface area contributed by atoms with Gasteiger partial charge in [-0.15, -0.1) is 0 Å². The maximum atomic E-state index is 8.94. The molecule has 16 heavy (non-hydrogen) atoms. The molecule has 0 amide bonds. The summed E-state index contributed by atoms with van der Waals surface area (Å²) in [6.45, 7) is 4.21. The Morgan fingerprint density at radius 3 is 2.31 bits per heavy atom. The highest BCUT2D eigenvalue weighted by Gasteiger charge is 2.08. The van der Waals surface area contributed by atoms with E-state index in [4.69, 9.17) is 9.84 Å². The van der Waals surface area contributed by atoms with Crippen LogP contribution in [0.5, 0.6) is 5.75 Å². The lowest BCUT2D eigenvalue weighted by molar-refractivity contribution is 0.242. The highest BCUT2D eigenvalue weighted by Crippen LogP contribution is 2.20. The number of benzene rings is 1. The van der Waals surface area contributed by atoms with Gasteiger partial charge in [-0.1, -0.05) is 12.1 Å². The van der Waals surface area contributed by atoms with Crippen molar-refractivity contribution in [3.8, 4) is 5.75 Å². The summed E-state index contributed by atoms with van der Waals surface area (Å²) in [5, 5.41) is 12.1. The van der Waals surface area contributed by atoms with Crippen molar-refractivity contribution in [1.29, 1.82) is 0 Å². The lowest BCUT2D eigenvalue weighted by Gasteiger charge is -2.16. The third-order valence-corrected chi connectivity index (χ3v) is 2.42. The van der Waals surface area contributed by atoms with E-state index in [2.05, 4.69) is 5.32 Å². The number of hydrogen-bond donors (Lipinski definition) is 2. The molecular formula is C13H21NO2. The predicted octanol–water partition coefficient (Wildman–Crippen LogP) is 2.12. The molecule has 0 aromatic heterocycles. The molecule has 0 saturated heterocycles. The second-order valence-electron chi connectivity index (χ2n) is 4.09. The van der Waals surface area contributed by atoms with Gasteiger partial charge in [0.25, 0.3) is 0 Å². The summed E-state index contributed by atoms with van der Waals surface area (Å²) in [6.07, 6.45) is 0.921. The Balaban J connectivity index is 2.69. The molecule has 0 fully saturated rings. The van der Waals surface area contributed by atoms with Crippen molar-refractivity contribution in [3.63, 3.8) is 0 Å². The molecule has 1 aromatic rings. The topological polar surface area (TPSA) is 41.5 Å². The summed E-state index contributed by atoms with van der Waals surface area (Å²) in [5.41, 5.74) is 1.17. The molecule has 0 radical (unpaired) electrons. The van der Waals surface area contributed by atoms with Crippen molar-refractivity contribution < 1.29 is 9.84 Å². The fraction of sp³-hybridized carbons (Fsp3) is 0.538. The minimum Gasteiger partial charge on any atom is -0.491 e. The van der Waals surface area contributed by atoms with E-state index in [9.17, 15) is 0 Å². The van der Waals surface area contributed by atoms with Crippen molar-refractivity contribution >= 4 is 0 Å². The molecule has 0 aliphatic carbocycles. The molecule has 0 aliphatic heterocycles. The first-order chi connectivity index (χ1) is 7.67. The Hall–Kier alpha value is -1.06. The number of nitrogens with one attached hydrogen (secondary N) is 1. The van der Waals surface area contributed by atoms with E-state index in [-0.39, 0.29) is 18.8 Å². The van der Waals surface area contributed by atoms with E-state index in [1.54, 1.807) is 0 Å². The third kappa shape index (κ3) is 3.83. The summed E-state index contributed by atoms with van der Waals surface area (Å²) in [4.78, 5) is 0. The van der Waals surface area contributed by atoms with Crippen molar-refractivity contribution in [2.45, 2.75) is 32.4 Å². The zero-order valence-electron chi connectivity index (χ0n) is 10.2. The smallest absolute Gasteiger partial charge is 0.119 e. The van der Waals surface area contributed by atoms with Crippen molar-refractivity contribution in [2.75, 3.05) is 13.7 Å². The number of rotatable bonds is 6. The molecule has 0 bridgehead atoms. The molecule has 2 N–H and O–H groups in total. The van der Waals surface area contributed by atoms with Crippen LogP contribution in [0, 0.1) is 0 Å². The molecule has 90 valence electrons. The van der Waals surface area contributed by atoms with Crippen LogP contribution in [0.1, 0.15) is 31.9 Å². The Morgan fingerprint density at radius 1 is 1.25 bits per heavy atom. The fourth-order valence-electron chi connectivity index (χ4n) is 1.66. The normalized spacial score (nSPS) is 12.8. The zero-order chi connectivity index (χ0) is 12.0. The van der Waals surface area contributed by atoms with E-state index in [1.807, 2.05) is 45.2 Å². The Labute approximate surface area is 97.4 Å². The molecule has 1 rings (SSSR count). The van der Waals surface area contributed by atoms with E-state index in [1.165, 1.54) is 5.56 Å². The minimum atomic E-state index is 0.190. The maximum Gasteiger partial charge on any atom is 0.119 e. The highest BCUT2D eigenvalue weighted by atomic mass is 16.5. The van der Waals surface area contributed by atoms with Gasteiger partial charge in [0, 0.05) is 12.6 Å². The number of aliphatic hydroxyl groups is 1. The number of aliphatic hydroxyl groups excluding tert-OH is 1. The Kier molecular flexibility index (Phi) is 5.29. The molecule has 0 aliphatic rings. The average molecular weight is 223 g/mol. The third-order valence-electron chi connectivity index (χ3n) is 2.42. The van der Waals surface area contributed by atoms with Gasteiger partial charge in [0.05, 0.1) is 6.10 Å². The second kappa shape index (κ2) is 6.51. The Morgan fingerprint density at radius 2 is 1.88 bits per heavy atom. The van der Waals surface area contributed by atoms with Gasteiger partial charge in [0.2, 0.25) is 0 Å². The van der Waals surface area contributed by atoms with Crippen LogP contribution >= 0.6 is 0 Å². The Bertz CT molecular complexity index is 295. The predicted molar refractivity (Wildman–Crippen MR) is 65.7 cm³/mol. The SMILES string of the molecule is CNC(CCO)c1ccc(OC(C)C)cc1. The van der Waals surface area contributed by atoms with Crippen molar-refractivity contribution in [2.24, 2.45) is 0 Å². The molecule has 1 unspecified atom stereocenters. The quantitative estimate of drug-likeness (QED) is 0.776. The second-order valence-corrected chi connectivity index (χ2v) is 4.09. The van der Waals surface area contributed by atoms with Crippen LogP contribution in [-0.2, 0) is 0 Å².